The maximum absolute atomic E-state index is 5.50. The molecule has 0 aliphatic carbocycles. The Balaban J connectivity index is 2.33. The Morgan fingerprint density at radius 1 is 1.08 bits per heavy atom. The van der Waals surface area contributed by atoms with Gasteiger partial charge in [-0.3, -0.25) is 0 Å². The average Bonchev–Trinajstić information content (AvgIpc) is 2.61. The lowest BCUT2D eigenvalue weighted by Crippen LogP contribution is -2.29. The molecule has 0 radical (unpaired) electrons. The van der Waals surface area contributed by atoms with Crippen LogP contribution >= 0.6 is 0 Å². The molecule has 1 heterocycles. The third-order valence-corrected chi connectivity index (χ3v) is 2.40. The highest BCUT2D eigenvalue weighted by Crippen LogP contribution is 2.31. The topological polar surface area (TPSA) is 27.7 Å². The molecular weight excluding hydrogens is 168 g/mol. The first kappa shape index (κ1) is 11.0. The summed E-state index contributed by atoms with van der Waals surface area (Å²) < 4.78 is 5.50. The molecule has 0 aromatic rings. The summed E-state index contributed by atoms with van der Waals surface area (Å²) in [6.07, 6.45) is 6.49. The molecule has 0 spiro atoms. The Morgan fingerprint density at radius 2 is 1.69 bits per heavy atom. The van der Waals surface area contributed by atoms with Crippen LogP contribution in [0.2, 0.25) is 0 Å². The van der Waals surface area contributed by atoms with Gasteiger partial charge in [0.05, 0.1) is 0 Å². The van der Waals surface area contributed by atoms with Crippen LogP contribution in [0.4, 0.5) is 0 Å². The van der Waals surface area contributed by atoms with Crippen molar-refractivity contribution in [1.82, 2.24) is 0 Å². The molecule has 1 fully saturated rings. The molecule has 1 aliphatic heterocycles. The van der Waals surface area contributed by atoms with Gasteiger partial charge in [0, 0.05) is 12.8 Å². The van der Waals surface area contributed by atoms with Gasteiger partial charge in [-0.1, -0.05) is 26.7 Å². The molecule has 0 bridgehead atoms. The summed E-state index contributed by atoms with van der Waals surface area (Å²) in [6, 6.07) is 0. The summed E-state index contributed by atoms with van der Waals surface area (Å²) in [5, 5.41) is 0. The fourth-order valence-corrected chi connectivity index (χ4v) is 1.53. The van der Waals surface area contributed by atoms with Crippen molar-refractivity contribution < 1.29 is 14.5 Å². The molecular formula is C10H20O3. The minimum atomic E-state index is -0.425. The van der Waals surface area contributed by atoms with E-state index in [4.69, 9.17) is 14.5 Å². The van der Waals surface area contributed by atoms with Crippen LogP contribution in [-0.4, -0.2) is 12.6 Å². The Morgan fingerprint density at radius 3 is 2.08 bits per heavy atom. The second-order valence-electron chi connectivity index (χ2n) is 3.58. The molecule has 1 saturated heterocycles. The molecule has 13 heavy (non-hydrogen) atoms. The van der Waals surface area contributed by atoms with Gasteiger partial charge in [0.25, 0.3) is 0 Å². The Kier molecular flexibility index (Phi) is 4.70. The third kappa shape index (κ3) is 3.25. The smallest absolute Gasteiger partial charge is 0.204 e. The average molecular weight is 188 g/mol. The predicted molar refractivity (Wildman–Crippen MR) is 49.9 cm³/mol. The van der Waals surface area contributed by atoms with E-state index in [2.05, 4.69) is 13.8 Å². The molecule has 0 atom stereocenters. The van der Waals surface area contributed by atoms with Crippen molar-refractivity contribution in [2.24, 2.45) is 0 Å². The molecule has 3 heteroatoms. The largest absolute Gasteiger partial charge is 0.318 e. The molecule has 3 nitrogen and oxygen atoms in total. The number of hydrogen-bond acceptors (Lipinski definition) is 3. The SMILES string of the molecule is CCCCC1(CCCC)OCOO1. The second kappa shape index (κ2) is 5.58. The van der Waals surface area contributed by atoms with Crippen LogP contribution in [0, 0.1) is 0 Å². The van der Waals surface area contributed by atoms with Gasteiger partial charge < -0.3 is 4.74 Å². The predicted octanol–water partition coefficient (Wildman–Crippen LogP) is 3.00. The zero-order chi connectivity index (χ0) is 9.57. The van der Waals surface area contributed by atoms with Gasteiger partial charge in [-0.25, -0.2) is 4.89 Å². The van der Waals surface area contributed by atoms with Crippen LogP contribution < -0.4 is 0 Å². The van der Waals surface area contributed by atoms with Crippen molar-refractivity contribution in [1.29, 1.82) is 0 Å². The Labute approximate surface area is 80.3 Å². The van der Waals surface area contributed by atoms with E-state index >= 15 is 0 Å². The van der Waals surface area contributed by atoms with E-state index in [1.165, 1.54) is 12.8 Å². The van der Waals surface area contributed by atoms with E-state index in [0.717, 1.165) is 25.7 Å². The van der Waals surface area contributed by atoms with Crippen LogP contribution in [0.15, 0.2) is 0 Å². The van der Waals surface area contributed by atoms with Gasteiger partial charge in [-0.2, -0.15) is 4.89 Å². The fourth-order valence-electron chi connectivity index (χ4n) is 1.53. The highest BCUT2D eigenvalue weighted by atomic mass is 17.3. The number of ether oxygens (including phenoxy) is 1. The lowest BCUT2D eigenvalue weighted by molar-refractivity contribution is -0.325. The first-order valence-electron chi connectivity index (χ1n) is 5.27. The molecule has 78 valence electrons. The van der Waals surface area contributed by atoms with Crippen molar-refractivity contribution in [2.45, 2.75) is 58.2 Å². The zero-order valence-corrected chi connectivity index (χ0v) is 8.67. The fraction of sp³-hybridized carbons (Fsp3) is 1.00. The van der Waals surface area contributed by atoms with Crippen LogP contribution in [0.3, 0.4) is 0 Å². The lowest BCUT2D eigenvalue weighted by atomic mass is 10.0. The molecule has 1 rings (SSSR count). The maximum Gasteiger partial charge on any atom is 0.204 e. The standard InChI is InChI=1S/C10H20O3/c1-3-5-7-10(8-6-4-2)11-9-12-13-10/h3-9H2,1-2H3. The van der Waals surface area contributed by atoms with Gasteiger partial charge in [-0.05, 0) is 12.8 Å². The highest BCUT2D eigenvalue weighted by Gasteiger charge is 2.37. The van der Waals surface area contributed by atoms with Gasteiger partial charge in [-0.15, -0.1) is 0 Å². The van der Waals surface area contributed by atoms with Crippen LogP contribution in [0.5, 0.6) is 0 Å². The third-order valence-electron chi connectivity index (χ3n) is 2.40. The molecule has 0 amide bonds. The van der Waals surface area contributed by atoms with E-state index in [1.54, 1.807) is 0 Å². The van der Waals surface area contributed by atoms with E-state index in [9.17, 15) is 0 Å². The van der Waals surface area contributed by atoms with E-state index < -0.39 is 5.79 Å². The first-order valence-corrected chi connectivity index (χ1v) is 5.27. The number of hydrogen-bond donors (Lipinski definition) is 0. The van der Waals surface area contributed by atoms with Crippen LogP contribution in [0.1, 0.15) is 52.4 Å². The van der Waals surface area contributed by atoms with Crippen molar-refractivity contribution >= 4 is 0 Å². The second-order valence-corrected chi connectivity index (χ2v) is 3.58. The molecule has 1 aliphatic rings. The summed E-state index contributed by atoms with van der Waals surface area (Å²) in [4.78, 5) is 10.1. The Bertz CT molecular complexity index is 120. The minimum absolute atomic E-state index is 0.285. The van der Waals surface area contributed by atoms with Crippen molar-refractivity contribution in [3.05, 3.63) is 0 Å². The van der Waals surface area contributed by atoms with Crippen molar-refractivity contribution in [2.75, 3.05) is 6.79 Å². The summed E-state index contributed by atoms with van der Waals surface area (Å²) >= 11 is 0. The Hall–Kier alpha value is -0.120. The molecule has 0 unspecified atom stereocenters. The first-order chi connectivity index (χ1) is 6.33. The summed E-state index contributed by atoms with van der Waals surface area (Å²) in [6.45, 7) is 4.63. The van der Waals surface area contributed by atoms with E-state index in [-0.39, 0.29) is 6.79 Å². The van der Waals surface area contributed by atoms with Crippen LogP contribution in [-0.2, 0) is 14.5 Å². The zero-order valence-electron chi connectivity index (χ0n) is 8.67. The van der Waals surface area contributed by atoms with E-state index in [1.807, 2.05) is 0 Å². The van der Waals surface area contributed by atoms with Gasteiger partial charge >= 0.3 is 0 Å². The normalized spacial score (nSPS) is 20.8. The minimum Gasteiger partial charge on any atom is -0.318 e. The quantitative estimate of drug-likeness (QED) is 0.600. The highest BCUT2D eigenvalue weighted by molar-refractivity contribution is 4.69. The molecule has 0 N–H and O–H groups in total. The summed E-state index contributed by atoms with van der Waals surface area (Å²) in [5.41, 5.74) is 0. The van der Waals surface area contributed by atoms with Gasteiger partial charge in [0.1, 0.15) is 0 Å². The lowest BCUT2D eigenvalue weighted by Gasteiger charge is -2.23. The van der Waals surface area contributed by atoms with E-state index in [0.29, 0.717) is 0 Å². The van der Waals surface area contributed by atoms with Crippen molar-refractivity contribution in [3.8, 4) is 0 Å². The molecule has 0 saturated carbocycles. The number of rotatable bonds is 6. The van der Waals surface area contributed by atoms with Crippen molar-refractivity contribution in [3.63, 3.8) is 0 Å². The summed E-state index contributed by atoms with van der Waals surface area (Å²) in [7, 11) is 0. The molecule has 0 aromatic carbocycles. The maximum atomic E-state index is 5.50. The summed E-state index contributed by atoms with van der Waals surface area (Å²) in [5.74, 6) is -0.425. The van der Waals surface area contributed by atoms with Crippen LogP contribution in [0.25, 0.3) is 0 Å². The van der Waals surface area contributed by atoms with Gasteiger partial charge in [0.15, 0.2) is 6.79 Å². The van der Waals surface area contributed by atoms with Gasteiger partial charge in [0.2, 0.25) is 5.79 Å². The molecule has 0 aromatic heterocycles. The number of unbranched alkanes of at least 4 members (excludes halogenated alkanes) is 2. The monoisotopic (exact) mass is 188 g/mol.